The number of nitrogens with zero attached hydrogens (tertiary/aromatic N) is 1. The largest absolute Gasteiger partial charge is 0.478 e. The molecule has 3 nitrogen and oxygen atoms in total. The van der Waals surface area contributed by atoms with E-state index in [0.29, 0.717) is 18.5 Å². The van der Waals surface area contributed by atoms with E-state index in [1.807, 2.05) is 25.1 Å². The van der Waals surface area contributed by atoms with Crippen LogP contribution in [0.5, 0.6) is 5.88 Å². The molecule has 0 radical (unpaired) electrons. The Morgan fingerprint density at radius 3 is 3.06 bits per heavy atom. The summed E-state index contributed by atoms with van der Waals surface area (Å²) in [5.41, 5.74) is 0. The number of nitrogens with one attached hydrogen (secondary N) is 1. The Bertz CT molecular complexity index is 340. The predicted octanol–water partition coefficient (Wildman–Crippen LogP) is 3.08. The highest BCUT2D eigenvalue weighted by molar-refractivity contribution is 5.39. The Kier molecular flexibility index (Phi) is 3.65. The molecule has 1 saturated carbocycles. The summed E-state index contributed by atoms with van der Waals surface area (Å²) < 4.78 is 5.37. The van der Waals surface area contributed by atoms with Gasteiger partial charge in [0, 0.05) is 12.1 Å². The first-order valence-electron chi connectivity index (χ1n) is 6.19. The lowest BCUT2D eigenvalue weighted by Gasteiger charge is -2.07. The van der Waals surface area contributed by atoms with Crippen molar-refractivity contribution < 1.29 is 4.74 Å². The van der Waals surface area contributed by atoms with E-state index in [-0.39, 0.29) is 0 Å². The van der Waals surface area contributed by atoms with Crippen LogP contribution in [0.3, 0.4) is 0 Å². The maximum atomic E-state index is 5.37. The SMILES string of the molecule is CCCC1CC1Nc1cccc(OCC)n1. The average molecular weight is 220 g/mol. The van der Waals surface area contributed by atoms with Gasteiger partial charge in [0.05, 0.1) is 6.61 Å². The van der Waals surface area contributed by atoms with E-state index < -0.39 is 0 Å². The molecule has 2 atom stereocenters. The zero-order chi connectivity index (χ0) is 11.4. The Hall–Kier alpha value is -1.25. The third-order valence-electron chi connectivity index (χ3n) is 2.93. The topological polar surface area (TPSA) is 34.1 Å². The van der Waals surface area contributed by atoms with Crippen molar-refractivity contribution in [2.45, 2.75) is 39.2 Å². The summed E-state index contributed by atoms with van der Waals surface area (Å²) in [6.07, 6.45) is 3.88. The van der Waals surface area contributed by atoms with Gasteiger partial charge in [-0.15, -0.1) is 0 Å². The molecular weight excluding hydrogens is 200 g/mol. The molecule has 0 aliphatic heterocycles. The maximum absolute atomic E-state index is 5.37. The zero-order valence-electron chi connectivity index (χ0n) is 10.1. The second-order valence-corrected chi connectivity index (χ2v) is 4.33. The molecule has 0 amide bonds. The number of hydrogen-bond acceptors (Lipinski definition) is 3. The van der Waals surface area contributed by atoms with Crippen LogP contribution in [0, 0.1) is 5.92 Å². The first-order valence-corrected chi connectivity index (χ1v) is 6.19. The van der Waals surface area contributed by atoms with E-state index in [0.717, 1.165) is 11.7 Å². The smallest absolute Gasteiger partial charge is 0.215 e. The highest BCUT2D eigenvalue weighted by Crippen LogP contribution is 2.36. The summed E-state index contributed by atoms with van der Waals surface area (Å²) >= 11 is 0. The van der Waals surface area contributed by atoms with E-state index in [4.69, 9.17) is 4.74 Å². The van der Waals surface area contributed by atoms with E-state index in [1.165, 1.54) is 19.3 Å². The molecule has 1 N–H and O–H groups in total. The molecule has 1 heterocycles. The van der Waals surface area contributed by atoms with Crippen molar-refractivity contribution in [3.63, 3.8) is 0 Å². The third kappa shape index (κ3) is 2.87. The summed E-state index contributed by atoms with van der Waals surface area (Å²) in [5.74, 6) is 2.50. The lowest BCUT2D eigenvalue weighted by Crippen LogP contribution is -2.06. The average Bonchev–Trinajstić information content (AvgIpc) is 2.98. The molecule has 1 fully saturated rings. The molecule has 1 aromatic heterocycles. The Labute approximate surface area is 97.2 Å². The van der Waals surface area contributed by atoms with Gasteiger partial charge in [0.1, 0.15) is 5.82 Å². The van der Waals surface area contributed by atoms with Crippen LogP contribution in [0.25, 0.3) is 0 Å². The lowest BCUT2D eigenvalue weighted by molar-refractivity contribution is 0.327. The van der Waals surface area contributed by atoms with Crippen molar-refractivity contribution in [1.82, 2.24) is 4.98 Å². The molecule has 1 aliphatic rings. The number of pyridine rings is 1. The molecule has 0 aromatic carbocycles. The maximum Gasteiger partial charge on any atom is 0.215 e. The van der Waals surface area contributed by atoms with E-state index in [1.54, 1.807) is 0 Å². The minimum atomic E-state index is 0.629. The second-order valence-electron chi connectivity index (χ2n) is 4.33. The van der Waals surface area contributed by atoms with Crippen LogP contribution in [0.1, 0.15) is 33.1 Å². The zero-order valence-corrected chi connectivity index (χ0v) is 10.1. The monoisotopic (exact) mass is 220 g/mol. The Morgan fingerprint density at radius 2 is 2.31 bits per heavy atom. The Balaban J connectivity index is 1.87. The fraction of sp³-hybridized carbons (Fsp3) is 0.615. The van der Waals surface area contributed by atoms with Crippen LogP contribution in [-0.4, -0.2) is 17.6 Å². The number of rotatable bonds is 6. The second kappa shape index (κ2) is 5.19. The number of anilines is 1. The molecule has 0 spiro atoms. The molecular formula is C13H20N2O. The first-order chi connectivity index (χ1) is 7.83. The molecule has 16 heavy (non-hydrogen) atoms. The summed E-state index contributed by atoms with van der Waals surface area (Å²) in [7, 11) is 0. The molecule has 2 rings (SSSR count). The van der Waals surface area contributed by atoms with E-state index >= 15 is 0 Å². The van der Waals surface area contributed by atoms with Gasteiger partial charge in [0.25, 0.3) is 0 Å². The summed E-state index contributed by atoms with van der Waals surface area (Å²) in [5, 5.41) is 3.46. The molecule has 1 aromatic rings. The van der Waals surface area contributed by atoms with Gasteiger partial charge >= 0.3 is 0 Å². The highest BCUT2D eigenvalue weighted by Gasteiger charge is 2.36. The van der Waals surface area contributed by atoms with Crippen molar-refractivity contribution in [3.05, 3.63) is 18.2 Å². The van der Waals surface area contributed by atoms with Crippen molar-refractivity contribution in [2.24, 2.45) is 5.92 Å². The van der Waals surface area contributed by atoms with Gasteiger partial charge in [0.15, 0.2) is 0 Å². The minimum Gasteiger partial charge on any atom is -0.478 e. The van der Waals surface area contributed by atoms with Crippen LogP contribution in [-0.2, 0) is 0 Å². The van der Waals surface area contributed by atoms with Crippen LogP contribution in [0.2, 0.25) is 0 Å². The number of aromatic nitrogens is 1. The normalized spacial score (nSPS) is 22.9. The summed E-state index contributed by atoms with van der Waals surface area (Å²) in [4.78, 5) is 4.40. The van der Waals surface area contributed by atoms with Gasteiger partial charge < -0.3 is 10.1 Å². The van der Waals surface area contributed by atoms with Gasteiger partial charge in [-0.25, -0.2) is 0 Å². The van der Waals surface area contributed by atoms with Crippen molar-refractivity contribution in [3.8, 4) is 5.88 Å². The van der Waals surface area contributed by atoms with Gasteiger partial charge in [0.2, 0.25) is 5.88 Å². The van der Waals surface area contributed by atoms with Gasteiger partial charge in [-0.1, -0.05) is 19.4 Å². The van der Waals surface area contributed by atoms with Gasteiger partial charge in [-0.05, 0) is 31.7 Å². The Morgan fingerprint density at radius 1 is 1.44 bits per heavy atom. The van der Waals surface area contributed by atoms with Crippen LogP contribution in [0.4, 0.5) is 5.82 Å². The van der Waals surface area contributed by atoms with E-state index in [2.05, 4.69) is 17.2 Å². The molecule has 0 saturated heterocycles. The minimum absolute atomic E-state index is 0.629. The quantitative estimate of drug-likeness (QED) is 0.800. The fourth-order valence-corrected chi connectivity index (χ4v) is 2.03. The van der Waals surface area contributed by atoms with E-state index in [9.17, 15) is 0 Å². The van der Waals surface area contributed by atoms with Gasteiger partial charge in [-0.2, -0.15) is 4.98 Å². The van der Waals surface area contributed by atoms with Crippen LogP contribution < -0.4 is 10.1 Å². The predicted molar refractivity (Wildman–Crippen MR) is 65.8 cm³/mol. The molecule has 0 bridgehead atoms. The van der Waals surface area contributed by atoms with Crippen molar-refractivity contribution >= 4 is 5.82 Å². The molecule has 1 aliphatic carbocycles. The van der Waals surface area contributed by atoms with Crippen LogP contribution >= 0.6 is 0 Å². The molecule has 88 valence electrons. The van der Waals surface area contributed by atoms with Gasteiger partial charge in [-0.3, -0.25) is 0 Å². The summed E-state index contributed by atoms with van der Waals surface area (Å²) in [6, 6.07) is 6.51. The fourth-order valence-electron chi connectivity index (χ4n) is 2.03. The first kappa shape index (κ1) is 11.2. The van der Waals surface area contributed by atoms with Crippen LogP contribution in [0.15, 0.2) is 18.2 Å². The van der Waals surface area contributed by atoms with Crippen molar-refractivity contribution in [1.29, 1.82) is 0 Å². The standard InChI is InChI=1S/C13H20N2O/c1-3-6-10-9-11(10)14-12-7-5-8-13(15-12)16-4-2/h5,7-8,10-11H,3-4,6,9H2,1-2H3,(H,14,15). The lowest BCUT2D eigenvalue weighted by atomic mass is 10.2. The number of hydrogen-bond donors (Lipinski definition) is 1. The van der Waals surface area contributed by atoms with Crippen molar-refractivity contribution in [2.75, 3.05) is 11.9 Å². The molecule has 2 unspecified atom stereocenters. The summed E-state index contributed by atoms with van der Waals surface area (Å²) in [6.45, 7) is 4.88. The third-order valence-corrected chi connectivity index (χ3v) is 2.93. The number of ether oxygens (including phenoxy) is 1. The molecule has 3 heteroatoms. The highest BCUT2D eigenvalue weighted by atomic mass is 16.5.